The summed E-state index contributed by atoms with van der Waals surface area (Å²) in [6, 6.07) is 2.57. The minimum atomic E-state index is -4.58. The summed E-state index contributed by atoms with van der Waals surface area (Å²) in [5.41, 5.74) is -0.733. The molecule has 1 fully saturated rings. The van der Waals surface area contributed by atoms with Crippen molar-refractivity contribution in [2.24, 2.45) is 0 Å². The predicted molar refractivity (Wildman–Crippen MR) is 79.0 cm³/mol. The van der Waals surface area contributed by atoms with Gasteiger partial charge in [-0.1, -0.05) is 11.6 Å². The second kappa shape index (κ2) is 7.35. The van der Waals surface area contributed by atoms with E-state index in [4.69, 9.17) is 16.3 Å². The molecular weight excluding hydrogens is 353 g/mol. The van der Waals surface area contributed by atoms with Gasteiger partial charge in [0, 0.05) is 30.9 Å². The number of hydrogen-bond donors (Lipinski definition) is 0. The molecule has 6 nitrogen and oxygen atoms in total. The van der Waals surface area contributed by atoms with Crippen LogP contribution in [0.1, 0.15) is 23.2 Å². The number of carbonyl (C=O) groups is 1. The molecule has 0 radical (unpaired) electrons. The van der Waals surface area contributed by atoms with Crippen LogP contribution in [-0.2, 0) is 4.74 Å². The molecule has 1 heterocycles. The SMILES string of the molecule is O=C(c1ccc(Cl)c([N+](=O)[O-])c1)N(CC(F)(F)F)C1CCOCC1. The van der Waals surface area contributed by atoms with Crippen LogP contribution in [0.2, 0.25) is 5.02 Å². The second-order valence-electron chi connectivity index (χ2n) is 5.32. The van der Waals surface area contributed by atoms with Gasteiger partial charge in [0.15, 0.2) is 0 Å². The molecule has 1 aliphatic heterocycles. The van der Waals surface area contributed by atoms with Gasteiger partial charge in [0.25, 0.3) is 11.6 Å². The Morgan fingerprint density at radius 3 is 2.54 bits per heavy atom. The summed E-state index contributed by atoms with van der Waals surface area (Å²) in [4.78, 5) is 23.3. The van der Waals surface area contributed by atoms with Crippen LogP contribution >= 0.6 is 11.6 Å². The van der Waals surface area contributed by atoms with Gasteiger partial charge in [0.1, 0.15) is 11.6 Å². The normalized spacial score (nSPS) is 16.0. The number of nitro groups is 1. The lowest BCUT2D eigenvalue weighted by molar-refractivity contribution is -0.384. The quantitative estimate of drug-likeness (QED) is 0.604. The van der Waals surface area contributed by atoms with E-state index in [2.05, 4.69) is 0 Å². The number of carbonyl (C=O) groups excluding carboxylic acids is 1. The summed E-state index contributed by atoms with van der Waals surface area (Å²) in [7, 11) is 0. The van der Waals surface area contributed by atoms with Crippen molar-refractivity contribution in [2.45, 2.75) is 25.1 Å². The molecule has 132 valence electrons. The highest BCUT2D eigenvalue weighted by molar-refractivity contribution is 6.32. The van der Waals surface area contributed by atoms with Crippen LogP contribution in [0.15, 0.2) is 18.2 Å². The molecule has 2 rings (SSSR count). The fourth-order valence-electron chi connectivity index (χ4n) is 2.51. The van der Waals surface area contributed by atoms with Crippen LogP contribution < -0.4 is 0 Å². The van der Waals surface area contributed by atoms with Crippen molar-refractivity contribution in [3.05, 3.63) is 38.9 Å². The van der Waals surface area contributed by atoms with Crippen LogP contribution in [0.4, 0.5) is 18.9 Å². The van der Waals surface area contributed by atoms with Crippen molar-refractivity contribution in [2.75, 3.05) is 19.8 Å². The summed E-state index contributed by atoms with van der Waals surface area (Å²) in [5, 5.41) is 10.7. The molecule has 1 saturated heterocycles. The first-order valence-corrected chi connectivity index (χ1v) is 7.46. The molecule has 0 saturated carbocycles. The van der Waals surface area contributed by atoms with Crippen molar-refractivity contribution in [3.8, 4) is 0 Å². The molecule has 24 heavy (non-hydrogen) atoms. The third-order valence-electron chi connectivity index (χ3n) is 3.63. The Bertz CT molecular complexity index is 633. The van der Waals surface area contributed by atoms with Gasteiger partial charge in [0.05, 0.1) is 4.92 Å². The zero-order valence-corrected chi connectivity index (χ0v) is 13.1. The zero-order valence-electron chi connectivity index (χ0n) is 12.4. The third kappa shape index (κ3) is 4.57. The number of ether oxygens (including phenoxy) is 1. The first kappa shape index (κ1) is 18.5. The Morgan fingerprint density at radius 2 is 2.00 bits per heavy atom. The summed E-state index contributed by atoms with van der Waals surface area (Å²) < 4.78 is 43.7. The van der Waals surface area contributed by atoms with Gasteiger partial charge in [0.2, 0.25) is 0 Å². The molecule has 0 spiro atoms. The molecule has 1 aliphatic rings. The Morgan fingerprint density at radius 1 is 1.38 bits per heavy atom. The lowest BCUT2D eigenvalue weighted by atomic mass is 10.0. The molecule has 0 atom stereocenters. The van der Waals surface area contributed by atoms with Crippen molar-refractivity contribution in [1.82, 2.24) is 4.90 Å². The van der Waals surface area contributed by atoms with Gasteiger partial charge in [-0.15, -0.1) is 0 Å². The van der Waals surface area contributed by atoms with E-state index in [-0.39, 0.29) is 36.6 Å². The van der Waals surface area contributed by atoms with Crippen LogP contribution in [0.3, 0.4) is 0 Å². The standard InChI is InChI=1S/C14H14ClF3N2O4/c15-11-2-1-9(7-12(11)20(22)23)13(21)19(8-14(16,17)18)10-3-5-24-6-4-10/h1-2,7,10H,3-6,8H2. The molecule has 1 aromatic rings. The van der Waals surface area contributed by atoms with Gasteiger partial charge in [-0.05, 0) is 25.0 Å². The molecule has 1 aromatic carbocycles. The third-order valence-corrected chi connectivity index (χ3v) is 3.95. The average molecular weight is 367 g/mol. The van der Waals surface area contributed by atoms with E-state index >= 15 is 0 Å². The maximum absolute atomic E-state index is 12.9. The number of amides is 1. The Labute approximate surface area is 140 Å². The highest BCUT2D eigenvalue weighted by Gasteiger charge is 2.37. The second-order valence-corrected chi connectivity index (χ2v) is 5.72. The van der Waals surface area contributed by atoms with Crippen molar-refractivity contribution >= 4 is 23.2 Å². The first-order valence-electron chi connectivity index (χ1n) is 7.08. The monoisotopic (exact) mass is 366 g/mol. The zero-order chi connectivity index (χ0) is 17.9. The van der Waals surface area contributed by atoms with E-state index in [1.807, 2.05) is 0 Å². The summed E-state index contributed by atoms with van der Waals surface area (Å²) in [6.45, 7) is -0.910. The molecule has 0 aromatic heterocycles. The molecule has 0 aliphatic carbocycles. The molecule has 0 unspecified atom stereocenters. The first-order chi connectivity index (χ1) is 11.2. The number of alkyl halides is 3. The summed E-state index contributed by atoms with van der Waals surface area (Å²) in [5.74, 6) is -0.918. The van der Waals surface area contributed by atoms with E-state index in [0.717, 1.165) is 12.1 Å². The van der Waals surface area contributed by atoms with E-state index in [1.165, 1.54) is 6.07 Å². The fraction of sp³-hybridized carbons (Fsp3) is 0.500. The smallest absolute Gasteiger partial charge is 0.381 e. The molecule has 0 N–H and O–H groups in total. The number of rotatable bonds is 4. The lowest BCUT2D eigenvalue weighted by Crippen LogP contribution is -2.47. The molecule has 1 amide bonds. The number of hydrogen-bond acceptors (Lipinski definition) is 4. The van der Waals surface area contributed by atoms with Gasteiger partial charge < -0.3 is 9.64 Å². The van der Waals surface area contributed by atoms with Crippen LogP contribution in [0.5, 0.6) is 0 Å². The molecule has 10 heteroatoms. The van der Waals surface area contributed by atoms with Crippen LogP contribution in [-0.4, -0.2) is 47.7 Å². The summed E-state index contributed by atoms with van der Waals surface area (Å²) in [6.07, 6.45) is -4.03. The minimum absolute atomic E-state index is 0.190. The molecular formula is C14H14ClF3N2O4. The van der Waals surface area contributed by atoms with Gasteiger partial charge >= 0.3 is 6.18 Å². The lowest BCUT2D eigenvalue weighted by Gasteiger charge is -2.34. The Balaban J connectivity index is 2.32. The highest BCUT2D eigenvalue weighted by atomic mass is 35.5. The van der Waals surface area contributed by atoms with E-state index in [1.54, 1.807) is 0 Å². The van der Waals surface area contributed by atoms with Crippen molar-refractivity contribution in [3.63, 3.8) is 0 Å². The van der Waals surface area contributed by atoms with Gasteiger partial charge in [-0.3, -0.25) is 14.9 Å². The predicted octanol–water partition coefficient (Wildman–Crippen LogP) is 3.43. The van der Waals surface area contributed by atoms with Gasteiger partial charge in [-0.25, -0.2) is 0 Å². The number of benzene rings is 1. The average Bonchev–Trinajstić information content (AvgIpc) is 2.52. The Kier molecular flexibility index (Phi) is 5.66. The minimum Gasteiger partial charge on any atom is -0.381 e. The van der Waals surface area contributed by atoms with Gasteiger partial charge in [-0.2, -0.15) is 13.2 Å². The van der Waals surface area contributed by atoms with Crippen molar-refractivity contribution < 1.29 is 27.6 Å². The fourth-order valence-corrected chi connectivity index (χ4v) is 2.69. The Hall–Kier alpha value is -1.87. The number of nitro benzene ring substituents is 1. The van der Waals surface area contributed by atoms with E-state index in [0.29, 0.717) is 4.90 Å². The summed E-state index contributed by atoms with van der Waals surface area (Å²) >= 11 is 5.67. The van der Waals surface area contributed by atoms with E-state index < -0.39 is 35.3 Å². The van der Waals surface area contributed by atoms with E-state index in [9.17, 15) is 28.1 Å². The topological polar surface area (TPSA) is 72.7 Å². The van der Waals surface area contributed by atoms with Crippen LogP contribution in [0, 0.1) is 10.1 Å². The van der Waals surface area contributed by atoms with Crippen LogP contribution in [0.25, 0.3) is 0 Å². The largest absolute Gasteiger partial charge is 0.406 e. The highest BCUT2D eigenvalue weighted by Crippen LogP contribution is 2.28. The number of halogens is 4. The maximum Gasteiger partial charge on any atom is 0.406 e. The molecule has 0 bridgehead atoms. The van der Waals surface area contributed by atoms with Crippen molar-refractivity contribution in [1.29, 1.82) is 0 Å². The number of nitrogens with zero attached hydrogens (tertiary/aromatic N) is 2. The maximum atomic E-state index is 12.9.